The zero-order chi connectivity index (χ0) is 19.9. The van der Waals surface area contributed by atoms with Gasteiger partial charge in [0.1, 0.15) is 0 Å². The summed E-state index contributed by atoms with van der Waals surface area (Å²) in [7, 11) is 0. The average molecular weight is 387 g/mol. The summed E-state index contributed by atoms with van der Waals surface area (Å²) < 4.78 is 0. The number of likely N-dealkylation sites (tertiary alicyclic amines) is 1. The smallest absolute Gasteiger partial charge is 0.228 e. The molecule has 1 aromatic rings. The summed E-state index contributed by atoms with van der Waals surface area (Å²) in [6, 6.07) is 6.26. The lowest BCUT2D eigenvalue weighted by molar-refractivity contribution is -0.139. The number of carbonyl (C=O) groups excluding carboxylic acids is 2. The zero-order valence-corrected chi connectivity index (χ0v) is 17.3. The van der Waals surface area contributed by atoms with Crippen molar-refractivity contribution in [2.45, 2.75) is 71.0 Å². The number of carbonyl (C=O) groups is 2. The first kappa shape index (κ1) is 20.8. The third-order valence-electron chi connectivity index (χ3n) is 6.07. The molecule has 0 bridgehead atoms. The van der Waals surface area contributed by atoms with Crippen LogP contribution in [0.25, 0.3) is 0 Å². The lowest BCUT2D eigenvalue weighted by Crippen LogP contribution is -2.44. The van der Waals surface area contributed by atoms with Crippen molar-refractivity contribution in [3.63, 3.8) is 0 Å². The number of pyridine rings is 1. The van der Waals surface area contributed by atoms with Gasteiger partial charge in [-0.25, -0.2) is 0 Å². The van der Waals surface area contributed by atoms with Crippen molar-refractivity contribution in [2.75, 3.05) is 19.6 Å². The summed E-state index contributed by atoms with van der Waals surface area (Å²) in [4.78, 5) is 34.5. The second-order valence-corrected chi connectivity index (χ2v) is 8.21. The average Bonchev–Trinajstić information content (AvgIpc) is 2.91. The molecule has 1 N–H and O–H groups in total. The van der Waals surface area contributed by atoms with Crippen molar-refractivity contribution in [3.05, 3.63) is 30.1 Å². The van der Waals surface area contributed by atoms with Gasteiger partial charge in [0.15, 0.2) is 0 Å². The minimum Gasteiger partial charge on any atom is -0.339 e. The zero-order valence-electron chi connectivity index (χ0n) is 17.3. The van der Waals surface area contributed by atoms with Crippen LogP contribution in [0.4, 0.5) is 0 Å². The standard InChI is InChI=1S/C22H34N4O2/c1-3-7-17(2)25-15-18(14-21(25)27)22(28)26(16-19-8-4-5-12-24-19)20-9-6-11-23-13-10-20/h4-5,8,12,17-18,20,23H,3,6-7,9-11,13-16H2,1-2H3. The summed E-state index contributed by atoms with van der Waals surface area (Å²) in [5.74, 6) is 0.0171. The van der Waals surface area contributed by atoms with Gasteiger partial charge in [0.2, 0.25) is 11.8 Å². The van der Waals surface area contributed by atoms with Gasteiger partial charge in [-0.3, -0.25) is 14.6 Å². The number of amides is 2. The molecule has 3 atom stereocenters. The minimum atomic E-state index is -0.230. The number of hydrogen-bond acceptors (Lipinski definition) is 4. The maximum absolute atomic E-state index is 13.5. The molecule has 6 heteroatoms. The lowest BCUT2D eigenvalue weighted by atomic mass is 10.0. The summed E-state index contributed by atoms with van der Waals surface area (Å²) in [6.07, 6.45) is 7.18. The van der Waals surface area contributed by atoms with Crippen molar-refractivity contribution in [1.29, 1.82) is 0 Å². The van der Waals surface area contributed by atoms with E-state index in [2.05, 4.69) is 24.1 Å². The highest BCUT2D eigenvalue weighted by molar-refractivity contribution is 5.89. The van der Waals surface area contributed by atoms with Crippen molar-refractivity contribution in [3.8, 4) is 0 Å². The molecule has 28 heavy (non-hydrogen) atoms. The molecule has 2 saturated heterocycles. The second-order valence-electron chi connectivity index (χ2n) is 8.21. The topological polar surface area (TPSA) is 65.5 Å². The fourth-order valence-corrected chi connectivity index (χ4v) is 4.50. The molecule has 0 aromatic carbocycles. The van der Waals surface area contributed by atoms with E-state index in [-0.39, 0.29) is 29.8 Å². The highest BCUT2D eigenvalue weighted by atomic mass is 16.2. The molecule has 0 spiro atoms. The molecule has 0 aliphatic carbocycles. The van der Waals surface area contributed by atoms with Crippen LogP contribution >= 0.6 is 0 Å². The number of nitrogens with one attached hydrogen (secondary N) is 1. The van der Waals surface area contributed by atoms with Gasteiger partial charge in [-0.05, 0) is 57.8 Å². The van der Waals surface area contributed by atoms with Crippen LogP contribution in [-0.4, -0.2) is 58.3 Å². The van der Waals surface area contributed by atoms with E-state index in [1.807, 2.05) is 28.0 Å². The second kappa shape index (κ2) is 10.0. The fourth-order valence-electron chi connectivity index (χ4n) is 4.50. The molecule has 2 aliphatic rings. The maximum atomic E-state index is 13.5. The number of rotatable bonds is 7. The number of hydrogen-bond donors (Lipinski definition) is 1. The molecule has 2 fully saturated rings. The van der Waals surface area contributed by atoms with Crippen LogP contribution < -0.4 is 5.32 Å². The van der Waals surface area contributed by atoms with Gasteiger partial charge >= 0.3 is 0 Å². The Morgan fingerprint density at radius 1 is 1.36 bits per heavy atom. The molecule has 154 valence electrons. The van der Waals surface area contributed by atoms with E-state index in [9.17, 15) is 9.59 Å². The largest absolute Gasteiger partial charge is 0.339 e. The van der Waals surface area contributed by atoms with Crippen LogP contribution in [0, 0.1) is 5.92 Å². The molecule has 1 aromatic heterocycles. The van der Waals surface area contributed by atoms with Gasteiger partial charge in [-0.1, -0.05) is 19.4 Å². The Bertz CT molecular complexity index is 643. The predicted octanol–water partition coefficient (Wildman–Crippen LogP) is 2.59. The Hall–Kier alpha value is -1.95. The van der Waals surface area contributed by atoms with Crippen molar-refractivity contribution >= 4 is 11.8 Å². The summed E-state index contributed by atoms with van der Waals surface area (Å²) in [5, 5.41) is 3.43. The Kier molecular flexibility index (Phi) is 7.43. The molecule has 3 unspecified atom stereocenters. The highest BCUT2D eigenvalue weighted by Gasteiger charge is 2.39. The van der Waals surface area contributed by atoms with Crippen LogP contribution in [-0.2, 0) is 16.1 Å². The first-order chi connectivity index (χ1) is 13.6. The Morgan fingerprint density at radius 3 is 2.96 bits per heavy atom. The first-order valence-electron chi connectivity index (χ1n) is 10.8. The number of nitrogens with zero attached hydrogens (tertiary/aromatic N) is 3. The van der Waals surface area contributed by atoms with Crippen LogP contribution in [0.3, 0.4) is 0 Å². The van der Waals surface area contributed by atoms with Crippen LogP contribution in [0.5, 0.6) is 0 Å². The van der Waals surface area contributed by atoms with Gasteiger partial charge in [0.05, 0.1) is 18.2 Å². The van der Waals surface area contributed by atoms with E-state index < -0.39 is 0 Å². The van der Waals surface area contributed by atoms with Crippen molar-refractivity contribution in [2.24, 2.45) is 5.92 Å². The molecule has 0 radical (unpaired) electrons. The molecule has 2 amide bonds. The van der Waals surface area contributed by atoms with Gasteiger partial charge in [0, 0.05) is 31.2 Å². The van der Waals surface area contributed by atoms with Crippen LogP contribution in [0.15, 0.2) is 24.4 Å². The third-order valence-corrected chi connectivity index (χ3v) is 6.07. The van der Waals surface area contributed by atoms with Gasteiger partial charge < -0.3 is 15.1 Å². The van der Waals surface area contributed by atoms with E-state index in [4.69, 9.17) is 0 Å². The third kappa shape index (κ3) is 5.10. The Balaban J connectivity index is 1.75. The molecular formula is C22H34N4O2. The summed E-state index contributed by atoms with van der Waals surface area (Å²) in [5.41, 5.74) is 0.911. The van der Waals surface area contributed by atoms with Crippen LogP contribution in [0.2, 0.25) is 0 Å². The maximum Gasteiger partial charge on any atom is 0.228 e. The quantitative estimate of drug-likeness (QED) is 0.782. The Labute approximate surface area is 168 Å². The molecule has 3 rings (SSSR count). The molecule has 3 heterocycles. The van der Waals surface area contributed by atoms with E-state index in [0.717, 1.165) is 50.9 Å². The van der Waals surface area contributed by atoms with Crippen molar-refractivity contribution < 1.29 is 9.59 Å². The lowest BCUT2D eigenvalue weighted by Gasteiger charge is -2.33. The van der Waals surface area contributed by atoms with Gasteiger partial charge in [-0.2, -0.15) is 0 Å². The fraction of sp³-hybridized carbons (Fsp3) is 0.682. The van der Waals surface area contributed by atoms with E-state index in [1.54, 1.807) is 6.20 Å². The van der Waals surface area contributed by atoms with Gasteiger partial charge in [0.25, 0.3) is 0 Å². The molecule has 6 nitrogen and oxygen atoms in total. The highest BCUT2D eigenvalue weighted by Crippen LogP contribution is 2.27. The molecule has 0 saturated carbocycles. The van der Waals surface area contributed by atoms with Crippen LogP contribution in [0.1, 0.15) is 58.1 Å². The summed E-state index contributed by atoms with van der Waals surface area (Å²) >= 11 is 0. The minimum absolute atomic E-state index is 0.122. The van der Waals surface area contributed by atoms with Crippen molar-refractivity contribution in [1.82, 2.24) is 20.1 Å². The normalized spacial score (nSPS) is 24.1. The molecule has 2 aliphatic heterocycles. The first-order valence-corrected chi connectivity index (χ1v) is 10.8. The van der Waals surface area contributed by atoms with E-state index in [1.165, 1.54) is 0 Å². The Morgan fingerprint density at radius 2 is 2.21 bits per heavy atom. The van der Waals surface area contributed by atoms with E-state index in [0.29, 0.717) is 19.5 Å². The monoisotopic (exact) mass is 386 g/mol. The predicted molar refractivity (Wildman–Crippen MR) is 109 cm³/mol. The summed E-state index contributed by atoms with van der Waals surface area (Å²) in [6.45, 7) is 7.25. The van der Waals surface area contributed by atoms with E-state index >= 15 is 0 Å². The molecular weight excluding hydrogens is 352 g/mol. The SMILES string of the molecule is CCCC(C)N1CC(C(=O)N(Cc2ccccn2)C2CCCNCC2)CC1=O. The van der Waals surface area contributed by atoms with Gasteiger partial charge in [-0.15, -0.1) is 0 Å². The number of aromatic nitrogens is 1.